The molecule has 0 spiro atoms. The van der Waals surface area contributed by atoms with Gasteiger partial charge in [-0.25, -0.2) is 19.2 Å². The predicted octanol–water partition coefficient (Wildman–Crippen LogP) is -0.240. The highest BCUT2D eigenvalue weighted by atomic mass is 32.2. The number of aliphatic hydroxyl groups excluding tert-OH is 1. The molecule has 106 valence electrons. The van der Waals surface area contributed by atoms with Crippen LogP contribution in [0.3, 0.4) is 0 Å². The number of sulfonamides is 1. The van der Waals surface area contributed by atoms with E-state index in [-0.39, 0.29) is 17.4 Å². The van der Waals surface area contributed by atoms with Crippen molar-refractivity contribution in [2.24, 2.45) is 11.8 Å². The van der Waals surface area contributed by atoms with E-state index in [1.165, 1.54) is 22.6 Å². The average molecular weight is 286 g/mol. The summed E-state index contributed by atoms with van der Waals surface area (Å²) >= 11 is 0. The summed E-state index contributed by atoms with van der Waals surface area (Å²) in [6, 6.07) is 3.00. The highest BCUT2D eigenvalue weighted by molar-refractivity contribution is 7.89. The van der Waals surface area contributed by atoms with Crippen LogP contribution in [0, 0.1) is 5.92 Å². The van der Waals surface area contributed by atoms with Crippen LogP contribution in [0.15, 0.2) is 23.2 Å². The Balaban J connectivity index is 2.13. The van der Waals surface area contributed by atoms with Gasteiger partial charge in [-0.05, 0) is 30.9 Å². The van der Waals surface area contributed by atoms with Gasteiger partial charge in [-0.1, -0.05) is 0 Å². The van der Waals surface area contributed by atoms with Crippen LogP contribution in [-0.4, -0.2) is 42.5 Å². The van der Waals surface area contributed by atoms with Gasteiger partial charge in [0.1, 0.15) is 10.7 Å². The van der Waals surface area contributed by atoms with E-state index in [1.807, 2.05) is 0 Å². The number of piperidine rings is 1. The molecule has 8 heteroatoms. The Morgan fingerprint density at radius 3 is 2.58 bits per heavy atom. The second-order valence-electron chi connectivity index (χ2n) is 4.55. The fourth-order valence-electron chi connectivity index (χ4n) is 2.10. The molecule has 2 heterocycles. The van der Waals surface area contributed by atoms with Crippen LogP contribution in [0.25, 0.3) is 0 Å². The van der Waals surface area contributed by atoms with Crippen molar-refractivity contribution in [2.75, 3.05) is 25.1 Å². The molecule has 1 saturated heterocycles. The maximum atomic E-state index is 12.4. The van der Waals surface area contributed by atoms with Crippen LogP contribution in [-0.2, 0) is 10.0 Å². The molecule has 1 aromatic rings. The number of aliphatic hydroxyl groups is 1. The maximum absolute atomic E-state index is 12.4. The third-order valence-corrected chi connectivity index (χ3v) is 5.24. The molecular formula is C11H18N4O3S. The third kappa shape index (κ3) is 3.03. The molecule has 0 atom stereocenters. The lowest BCUT2D eigenvalue weighted by Crippen LogP contribution is -2.39. The first kappa shape index (κ1) is 14.2. The zero-order valence-electron chi connectivity index (χ0n) is 10.5. The van der Waals surface area contributed by atoms with Crippen LogP contribution in [0.1, 0.15) is 12.8 Å². The van der Waals surface area contributed by atoms with Crippen LogP contribution in [0.2, 0.25) is 0 Å². The fraction of sp³-hybridized carbons (Fsp3) is 0.545. The summed E-state index contributed by atoms with van der Waals surface area (Å²) in [6.45, 7) is 0.987. The summed E-state index contributed by atoms with van der Waals surface area (Å²) in [5.74, 6) is 5.80. The van der Waals surface area contributed by atoms with Gasteiger partial charge in [0.2, 0.25) is 10.0 Å². The molecule has 0 unspecified atom stereocenters. The second-order valence-corrected chi connectivity index (χ2v) is 6.49. The highest BCUT2D eigenvalue weighted by Crippen LogP contribution is 2.23. The molecule has 1 aromatic heterocycles. The Hall–Kier alpha value is -1.22. The zero-order chi connectivity index (χ0) is 13.9. The summed E-state index contributed by atoms with van der Waals surface area (Å²) in [5.41, 5.74) is 2.35. The molecule has 0 aromatic carbocycles. The van der Waals surface area contributed by atoms with Crippen molar-refractivity contribution < 1.29 is 13.5 Å². The molecule has 0 aliphatic carbocycles. The van der Waals surface area contributed by atoms with Crippen molar-refractivity contribution in [3.8, 4) is 0 Å². The second kappa shape index (κ2) is 5.83. The van der Waals surface area contributed by atoms with Gasteiger partial charge in [-0.3, -0.25) is 0 Å². The first-order valence-electron chi connectivity index (χ1n) is 6.11. The van der Waals surface area contributed by atoms with Gasteiger partial charge in [0.05, 0.1) is 0 Å². The molecule has 0 radical (unpaired) electrons. The SMILES string of the molecule is NNc1ccc(S(=O)(=O)N2CCC(CO)CC2)cn1. The van der Waals surface area contributed by atoms with E-state index in [1.54, 1.807) is 0 Å². The normalized spacial score (nSPS) is 18.4. The summed E-state index contributed by atoms with van der Waals surface area (Å²) in [4.78, 5) is 4.07. The maximum Gasteiger partial charge on any atom is 0.244 e. The molecule has 4 N–H and O–H groups in total. The molecule has 7 nitrogen and oxygen atoms in total. The molecular weight excluding hydrogens is 268 g/mol. The van der Waals surface area contributed by atoms with E-state index >= 15 is 0 Å². The molecule has 2 rings (SSSR count). The van der Waals surface area contributed by atoms with Gasteiger partial charge in [0, 0.05) is 25.9 Å². The number of nitrogens with two attached hydrogens (primary N) is 1. The number of hydrazine groups is 1. The summed E-state index contributed by atoms with van der Waals surface area (Å²) in [7, 11) is -3.50. The van der Waals surface area contributed by atoms with Gasteiger partial charge in [-0.2, -0.15) is 4.31 Å². The Morgan fingerprint density at radius 1 is 1.42 bits per heavy atom. The Bertz CT molecular complexity index is 509. The minimum atomic E-state index is -3.50. The predicted molar refractivity (Wildman–Crippen MR) is 70.6 cm³/mol. The van der Waals surface area contributed by atoms with E-state index in [4.69, 9.17) is 10.9 Å². The minimum Gasteiger partial charge on any atom is -0.396 e. The lowest BCUT2D eigenvalue weighted by molar-refractivity contribution is 0.170. The van der Waals surface area contributed by atoms with Crippen molar-refractivity contribution >= 4 is 15.8 Å². The number of hydrogen-bond acceptors (Lipinski definition) is 6. The fourth-order valence-corrected chi connectivity index (χ4v) is 3.52. The number of nitrogens with zero attached hydrogens (tertiary/aromatic N) is 2. The van der Waals surface area contributed by atoms with Gasteiger partial charge < -0.3 is 10.5 Å². The van der Waals surface area contributed by atoms with Gasteiger partial charge in [-0.15, -0.1) is 0 Å². The summed E-state index contributed by atoms with van der Waals surface area (Å²) in [6.07, 6.45) is 2.67. The van der Waals surface area contributed by atoms with Crippen molar-refractivity contribution in [3.63, 3.8) is 0 Å². The zero-order valence-corrected chi connectivity index (χ0v) is 11.3. The Morgan fingerprint density at radius 2 is 2.11 bits per heavy atom. The van der Waals surface area contributed by atoms with Gasteiger partial charge >= 0.3 is 0 Å². The molecule has 1 fully saturated rings. The largest absolute Gasteiger partial charge is 0.396 e. The number of aromatic nitrogens is 1. The van der Waals surface area contributed by atoms with Crippen LogP contribution < -0.4 is 11.3 Å². The Kier molecular flexibility index (Phi) is 4.35. The van der Waals surface area contributed by atoms with Gasteiger partial charge in [0.25, 0.3) is 0 Å². The Labute approximate surface area is 112 Å². The molecule has 0 saturated carbocycles. The molecule has 1 aliphatic heterocycles. The first-order chi connectivity index (χ1) is 9.07. The lowest BCUT2D eigenvalue weighted by Gasteiger charge is -2.30. The number of hydrogen-bond donors (Lipinski definition) is 3. The average Bonchev–Trinajstić information content (AvgIpc) is 2.47. The standard InChI is InChI=1S/C11H18N4O3S/c12-14-11-2-1-10(7-13-11)19(17,18)15-5-3-9(8-16)4-6-15/h1-2,7,9,16H,3-6,8,12H2,(H,13,14). The number of nitrogen functional groups attached to an aromatic ring is 1. The smallest absolute Gasteiger partial charge is 0.244 e. The van der Waals surface area contributed by atoms with Crippen LogP contribution in [0.5, 0.6) is 0 Å². The van der Waals surface area contributed by atoms with E-state index in [0.717, 1.165) is 0 Å². The summed E-state index contributed by atoms with van der Waals surface area (Å²) < 4.78 is 26.1. The van der Waals surface area contributed by atoms with Crippen molar-refractivity contribution in [1.29, 1.82) is 0 Å². The van der Waals surface area contributed by atoms with E-state index < -0.39 is 10.0 Å². The van der Waals surface area contributed by atoms with Crippen molar-refractivity contribution in [1.82, 2.24) is 9.29 Å². The highest BCUT2D eigenvalue weighted by Gasteiger charge is 2.29. The number of anilines is 1. The summed E-state index contributed by atoms with van der Waals surface area (Å²) in [5, 5.41) is 9.06. The number of rotatable bonds is 4. The lowest BCUT2D eigenvalue weighted by atomic mass is 10.00. The monoisotopic (exact) mass is 286 g/mol. The number of nitrogens with one attached hydrogen (secondary N) is 1. The molecule has 0 bridgehead atoms. The van der Waals surface area contributed by atoms with E-state index in [0.29, 0.717) is 31.7 Å². The quantitative estimate of drug-likeness (QED) is 0.521. The van der Waals surface area contributed by atoms with Crippen LogP contribution in [0.4, 0.5) is 5.82 Å². The molecule has 19 heavy (non-hydrogen) atoms. The van der Waals surface area contributed by atoms with Gasteiger partial charge in [0.15, 0.2) is 0 Å². The third-order valence-electron chi connectivity index (χ3n) is 3.35. The first-order valence-corrected chi connectivity index (χ1v) is 7.55. The van der Waals surface area contributed by atoms with Crippen LogP contribution >= 0.6 is 0 Å². The van der Waals surface area contributed by atoms with Crippen molar-refractivity contribution in [2.45, 2.75) is 17.7 Å². The van der Waals surface area contributed by atoms with E-state index in [2.05, 4.69) is 10.4 Å². The van der Waals surface area contributed by atoms with E-state index in [9.17, 15) is 8.42 Å². The minimum absolute atomic E-state index is 0.117. The van der Waals surface area contributed by atoms with Crippen molar-refractivity contribution in [3.05, 3.63) is 18.3 Å². The molecule has 0 amide bonds. The topological polar surface area (TPSA) is 109 Å². The molecule has 1 aliphatic rings. The number of pyridine rings is 1.